The van der Waals surface area contributed by atoms with Crippen molar-refractivity contribution in [2.24, 2.45) is 4.99 Å². The van der Waals surface area contributed by atoms with Crippen molar-refractivity contribution in [1.82, 2.24) is 10.6 Å². The lowest BCUT2D eigenvalue weighted by Crippen LogP contribution is -2.41. The van der Waals surface area contributed by atoms with E-state index in [2.05, 4.69) is 46.8 Å². The van der Waals surface area contributed by atoms with Gasteiger partial charge in [0.15, 0.2) is 5.96 Å². The predicted octanol–water partition coefficient (Wildman–Crippen LogP) is 3.23. The zero-order chi connectivity index (χ0) is 18.7. The van der Waals surface area contributed by atoms with Gasteiger partial charge >= 0.3 is 0 Å². The Morgan fingerprint density at radius 2 is 1.82 bits per heavy atom. The summed E-state index contributed by atoms with van der Waals surface area (Å²) in [5, 5.41) is 6.68. The molecule has 2 aliphatic rings. The molecule has 0 bridgehead atoms. The number of nitrogens with zero attached hydrogens (tertiary/aromatic N) is 1. The van der Waals surface area contributed by atoms with Crippen molar-refractivity contribution in [3.63, 3.8) is 0 Å². The first kappa shape index (κ1) is 23.4. The Kier molecular flexibility index (Phi) is 11.1. The summed E-state index contributed by atoms with van der Waals surface area (Å²) in [5.74, 6) is 0.847. The van der Waals surface area contributed by atoms with Crippen molar-refractivity contribution < 1.29 is 14.2 Å². The fourth-order valence-corrected chi connectivity index (χ4v) is 3.33. The molecule has 1 aromatic carbocycles. The number of nitrogens with one attached hydrogen (secondary N) is 2. The van der Waals surface area contributed by atoms with E-state index >= 15 is 0 Å². The van der Waals surface area contributed by atoms with E-state index in [0.717, 1.165) is 64.6 Å². The van der Waals surface area contributed by atoms with E-state index in [4.69, 9.17) is 14.2 Å². The number of ether oxygens (including phenoxy) is 3. The van der Waals surface area contributed by atoms with E-state index in [1.165, 1.54) is 11.1 Å². The first-order chi connectivity index (χ1) is 13.3. The van der Waals surface area contributed by atoms with E-state index in [-0.39, 0.29) is 24.0 Å². The van der Waals surface area contributed by atoms with Crippen molar-refractivity contribution in [2.45, 2.75) is 58.0 Å². The van der Waals surface area contributed by atoms with Gasteiger partial charge in [0.2, 0.25) is 0 Å². The highest BCUT2D eigenvalue weighted by molar-refractivity contribution is 14.0. The Morgan fingerprint density at radius 1 is 1.07 bits per heavy atom. The average Bonchev–Trinajstić information content (AvgIpc) is 3.24. The molecule has 3 rings (SSSR count). The van der Waals surface area contributed by atoms with Gasteiger partial charge < -0.3 is 24.8 Å². The van der Waals surface area contributed by atoms with Crippen molar-refractivity contribution in [3.05, 3.63) is 35.4 Å². The number of rotatable bonds is 8. The lowest BCUT2D eigenvalue weighted by atomic mass is 10.1. The van der Waals surface area contributed by atoms with Gasteiger partial charge in [0.25, 0.3) is 0 Å². The maximum atomic E-state index is 5.98. The normalized spacial score (nSPS) is 20.6. The molecule has 0 amide bonds. The Balaban J connectivity index is 0.00000280. The van der Waals surface area contributed by atoms with Crippen LogP contribution in [0.15, 0.2) is 29.3 Å². The number of hydrogen-bond acceptors (Lipinski definition) is 4. The Bertz CT molecular complexity index is 571. The predicted molar refractivity (Wildman–Crippen MR) is 122 cm³/mol. The number of hydrogen-bond donors (Lipinski definition) is 2. The molecule has 158 valence electrons. The van der Waals surface area contributed by atoms with Gasteiger partial charge in [0.05, 0.1) is 25.4 Å². The van der Waals surface area contributed by atoms with E-state index in [0.29, 0.717) is 25.4 Å². The monoisotopic (exact) mass is 503 g/mol. The van der Waals surface area contributed by atoms with Gasteiger partial charge in [-0.15, -0.1) is 24.0 Å². The van der Waals surface area contributed by atoms with Crippen LogP contribution in [-0.4, -0.2) is 51.1 Å². The first-order valence-electron chi connectivity index (χ1n) is 10.2. The molecule has 2 aliphatic heterocycles. The van der Waals surface area contributed by atoms with Crippen LogP contribution in [0, 0.1) is 0 Å². The summed E-state index contributed by atoms with van der Waals surface area (Å²) in [6.45, 7) is 7.57. The highest BCUT2D eigenvalue weighted by Crippen LogP contribution is 2.14. The van der Waals surface area contributed by atoms with E-state index in [1.54, 1.807) is 0 Å². The Labute approximate surface area is 185 Å². The van der Waals surface area contributed by atoms with Gasteiger partial charge in [0.1, 0.15) is 0 Å². The Morgan fingerprint density at radius 3 is 2.50 bits per heavy atom. The fraction of sp³-hybridized carbons (Fsp3) is 0.667. The minimum absolute atomic E-state index is 0. The summed E-state index contributed by atoms with van der Waals surface area (Å²) in [7, 11) is 0. The molecule has 6 nitrogen and oxygen atoms in total. The van der Waals surface area contributed by atoms with Crippen LogP contribution in [0.1, 0.15) is 43.7 Å². The molecule has 2 N–H and O–H groups in total. The quantitative estimate of drug-likeness (QED) is 0.324. The van der Waals surface area contributed by atoms with Crippen LogP contribution in [0.2, 0.25) is 0 Å². The number of halogens is 1. The summed E-state index contributed by atoms with van der Waals surface area (Å²) in [5.41, 5.74) is 2.40. The van der Waals surface area contributed by atoms with Crippen LogP contribution >= 0.6 is 24.0 Å². The zero-order valence-electron chi connectivity index (χ0n) is 16.8. The third-order valence-electron chi connectivity index (χ3n) is 4.96. The first-order valence-corrected chi connectivity index (χ1v) is 10.2. The van der Waals surface area contributed by atoms with E-state index in [1.807, 2.05) is 0 Å². The lowest BCUT2D eigenvalue weighted by Gasteiger charge is -2.22. The maximum Gasteiger partial charge on any atom is 0.191 e. The number of guanidine groups is 1. The minimum Gasteiger partial charge on any atom is -0.381 e. The van der Waals surface area contributed by atoms with Gasteiger partial charge in [0, 0.05) is 32.9 Å². The van der Waals surface area contributed by atoms with E-state index in [9.17, 15) is 0 Å². The molecule has 7 heteroatoms. The van der Waals surface area contributed by atoms with Gasteiger partial charge in [-0.05, 0) is 43.7 Å². The van der Waals surface area contributed by atoms with Crippen LogP contribution in [0.25, 0.3) is 0 Å². The second-order valence-corrected chi connectivity index (χ2v) is 7.15. The largest absolute Gasteiger partial charge is 0.381 e. The molecular weight excluding hydrogens is 469 g/mol. The summed E-state index contributed by atoms with van der Waals surface area (Å²) >= 11 is 0. The molecule has 2 fully saturated rings. The van der Waals surface area contributed by atoms with Gasteiger partial charge in [-0.25, -0.2) is 4.99 Å². The SMILES string of the molecule is CCNC(=NCc1ccc(COC2CCOCC2)cc1)NCC1CCCO1.I. The molecule has 0 aliphatic carbocycles. The van der Waals surface area contributed by atoms with Crippen LogP contribution in [0.5, 0.6) is 0 Å². The highest BCUT2D eigenvalue weighted by Gasteiger charge is 2.15. The molecule has 1 aromatic rings. The molecule has 2 heterocycles. The molecule has 1 atom stereocenters. The standard InChI is InChI=1S/C21H33N3O3.HI/c1-2-22-21(24-15-20-4-3-11-26-20)23-14-17-5-7-18(8-6-17)16-27-19-9-12-25-13-10-19;/h5-8,19-20H,2-4,9-16H2,1H3,(H2,22,23,24);1H. The van der Waals surface area contributed by atoms with Crippen LogP contribution in [-0.2, 0) is 27.4 Å². The van der Waals surface area contributed by atoms with Crippen LogP contribution in [0.3, 0.4) is 0 Å². The third-order valence-corrected chi connectivity index (χ3v) is 4.96. The van der Waals surface area contributed by atoms with Gasteiger partial charge in [-0.1, -0.05) is 24.3 Å². The summed E-state index contributed by atoms with van der Waals surface area (Å²) in [6, 6.07) is 8.54. The van der Waals surface area contributed by atoms with Crippen molar-refractivity contribution in [3.8, 4) is 0 Å². The van der Waals surface area contributed by atoms with Gasteiger partial charge in [-0.2, -0.15) is 0 Å². The number of aliphatic imine (C=N–C) groups is 1. The Hall–Kier alpha value is -0.900. The smallest absolute Gasteiger partial charge is 0.191 e. The lowest BCUT2D eigenvalue weighted by molar-refractivity contribution is -0.0390. The topological polar surface area (TPSA) is 64.1 Å². The molecule has 2 saturated heterocycles. The second kappa shape index (κ2) is 13.3. The molecule has 0 aromatic heterocycles. The molecule has 28 heavy (non-hydrogen) atoms. The molecule has 1 unspecified atom stereocenters. The van der Waals surface area contributed by atoms with Crippen molar-refractivity contribution in [1.29, 1.82) is 0 Å². The summed E-state index contributed by atoms with van der Waals surface area (Å²) in [4.78, 5) is 4.69. The van der Waals surface area contributed by atoms with Crippen LogP contribution < -0.4 is 10.6 Å². The molecular formula is C21H34IN3O3. The minimum atomic E-state index is 0. The van der Waals surface area contributed by atoms with Gasteiger partial charge in [-0.3, -0.25) is 0 Å². The highest BCUT2D eigenvalue weighted by atomic mass is 127. The third kappa shape index (κ3) is 8.23. The fourth-order valence-electron chi connectivity index (χ4n) is 3.33. The molecule has 0 spiro atoms. The van der Waals surface area contributed by atoms with Crippen molar-refractivity contribution in [2.75, 3.05) is 32.9 Å². The van der Waals surface area contributed by atoms with E-state index < -0.39 is 0 Å². The molecule has 0 saturated carbocycles. The van der Waals surface area contributed by atoms with Crippen molar-refractivity contribution >= 4 is 29.9 Å². The maximum absolute atomic E-state index is 5.98. The summed E-state index contributed by atoms with van der Waals surface area (Å²) in [6.07, 6.45) is 4.93. The zero-order valence-corrected chi connectivity index (χ0v) is 19.2. The summed E-state index contributed by atoms with van der Waals surface area (Å²) < 4.78 is 17.0. The average molecular weight is 503 g/mol. The second-order valence-electron chi connectivity index (χ2n) is 7.15. The number of benzene rings is 1. The molecule has 0 radical (unpaired) electrons. The van der Waals surface area contributed by atoms with Crippen LogP contribution in [0.4, 0.5) is 0 Å².